The second-order valence-electron chi connectivity index (χ2n) is 6.87. The Balaban J connectivity index is 1.88. The summed E-state index contributed by atoms with van der Waals surface area (Å²) in [5, 5.41) is 5.62. The van der Waals surface area contributed by atoms with Gasteiger partial charge in [0.2, 0.25) is 0 Å². The van der Waals surface area contributed by atoms with E-state index in [0.717, 1.165) is 24.0 Å². The van der Waals surface area contributed by atoms with Crippen LogP contribution in [0.25, 0.3) is 0 Å². The Morgan fingerprint density at radius 2 is 1.90 bits per heavy atom. The molecule has 1 heterocycles. The van der Waals surface area contributed by atoms with Crippen LogP contribution in [-0.4, -0.2) is 19.1 Å². The van der Waals surface area contributed by atoms with Gasteiger partial charge < -0.3 is 20.1 Å². The van der Waals surface area contributed by atoms with Crippen molar-refractivity contribution >= 4 is 12.0 Å². The van der Waals surface area contributed by atoms with E-state index in [0.29, 0.717) is 30.0 Å². The highest BCUT2D eigenvalue weighted by Crippen LogP contribution is 2.31. The SMILES string of the molecule is CCCCC1=C(C(=O)OC)C(c2cccc(OCc3ccccc3)c2)NC(=O)N1. The first kappa shape index (κ1) is 20.5. The first-order chi connectivity index (χ1) is 14.1. The second-order valence-corrected chi connectivity index (χ2v) is 6.87. The van der Waals surface area contributed by atoms with Crippen LogP contribution in [-0.2, 0) is 16.1 Å². The van der Waals surface area contributed by atoms with E-state index >= 15 is 0 Å². The van der Waals surface area contributed by atoms with E-state index in [1.807, 2.05) is 54.6 Å². The van der Waals surface area contributed by atoms with Crippen LogP contribution in [0, 0.1) is 0 Å². The average Bonchev–Trinajstić information content (AvgIpc) is 2.76. The predicted octanol–water partition coefficient (Wildman–Crippen LogP) is 4.24. The molecule has 0 saturated carbocycles. The van der Waals surface area contributed by atoms with Crippen molar-refractivity contribution in [2.24, 2.45) is 0 Å². The third-order valence-corrected chi connectivity index (χ3v) is 4.78. The summed E-state index contributed by atoms with van der Waals surface area (Å²) in [4.78, 5) is 24.8. The first-order valence-corrected chi connectivity index (χ1v) is 9.78. The average molecular weight is 394 g/mol. The number of benzene rings is 2. The number of unbranched alkanes of at least 4 members (excludes halogenated alkanes) is 1. The Morgan fingerprint density at radius 3 is 2.62 bits per heavy atom. The third-order valence-electron chi connectivity index (χ3n) is 4.78. The molecule has 1 aliphatic rings. The van der Waals surface area contributed by atoms with Crippen molar-refractivity contribution in [1.29, 1.82) is 0 Å². The maximum Gasteiger partial charge on any atom is 0.337 e. The fourth-order valence-electron chi connectivity index (χ4n) is 3.29. The van der Waals surface area contributed by atoms with Gasteiger partial charge in [0.05, 0.1) is 18.7 Å². The summed E-state index contributed by atoms with van der Waals surface area (Å²) in [6.45, 7) is 2.50. The van der Waals surface area contributed by atoms with Crippen LogP contribution in [0.2, 0.25) is 0 Å². The molecule has 1 atom stereocenters. The van der Waals surface area contributed by atoms with Gasteiger partial charge in [-0.15, -0.1) is 0 Å². The van der Waals surface area contributed by atoms with E-state index in [9.17, 15) is 9.59 Å². The number of ether oxygens (including phenoxy) is 2. The molecule has 0 fully saturated rings. The molecule has 0 spiro atoms. The summed E-state index contributed by atoms with van der Waals surface area (Å²) in [5.41, 5.74) is 2.87. The first-order valence-electron chi connectivity index (χ1n) is 9.78. The highest BCUT2D eigenvalue weighted by atomic mass is 16.5. The molecule has 3 rings (SSSR count). The van der Waals surface area contributed by atoms with Crippen molar-refractivity contribution in [3.05, 3.63) is 77.0 Å². The number of carbonyl (C=O) groups excluding carboxylic acids is 2. The van der Waals surface area contributed by atoms with Gasteiger partial charge in [0.15, 0.2) is 0 Å². The normalized spacial score (nSPS) is 16.1. The maximum atomic E-state index is 12.5. The molecule has 2 aromatic rings. The standard InChI is InChI=1S/C23H26N2O4/c1-3-4-13-19-20(22(26)28-2)21(25-23(27)24-19)17-11-8-12-18(14-17)29-15-16-9-6-5-7-10-16/h5-12,14,21H,3-4,13,15H2,1-2H3,(H2,24,25,27). The van der Waals surface area contributed by atoms with Crippen LogP contribution in [0.5, 0.6) is 5.75 Å². The predicted molar refractivity (Wildman–Crippen MR) is 110 cm³/mol. The topological polar surface area (TPSA) is 76.7 Å². The van der Waals surface area contributed by atoms with Crippen molar-refractivity contribution in [3.8, 4) is 5.75 Å². The Kier molecular flexibility index (Phi) is 6.89. The van der Waals surface area contributed by atoms with Crippen molar-refractivity contribution < 1.29 is 19.1 Å². The molecular formula is C23H26N2O4. The molecule has 152 valence electrons. The summed E-state index contributed by atoms with van der Waals surface area (Å²) in [6, 6.07) is 16.4. The van der Waals surface area contributed by atoms with Crippen LogP contribution in [0.1, 0.15) is 43.4 Å². The number of methoxy groups -OCH3 is 1. The summed E-state index contributed by atoms with van der Waals surface area (Å²) < 4.78 is 10.9. The lowest BCUT2D eigenvalue weighted by Gasteiger charge is -2.29. The van der Waals surface area contributed by atoms with Gasteiger partial charge in [-0.3, -0.25) is 0 Å². The van der Waals surface area contributed by atoms with Crippen molar-refractivity contribution in [1.82, 2.24) is 10.6 Å². The molecule has 0 saturated heterocycles. The van der Waals surface area contributed by atoms with Crippen LogP contribution in [0.4, 0.5) is 4.79 Å². The smallest absolute Gasteiger partial charge is 0.337 e. The van der Waals surface area contributed by atoms with Crippen molar-refractivity contribution in [2.45, 2.75) is 38.8 Å². The highest BCUT2D eigenvalue weighted by Gasteiger charge is 2.33. The number of hydrogen-bond acceptors (Lipinski definition) is 4. The van der Waals surface area contributed by atoms with Gasteiger partial charge in [0.25, 0.3) is 0 Å². The van der Waals surface area contributed by atoms with Gasteiger partial charge in [-0.1, -0.05) is 55.8 Å². The molecule has 0 radical (unpaired) electrons. The summed E-state index contributed by atoms with van der Waals surface area (Å²) in [7, 11) is 1.35. The number of amides is 2. The Morgan fingerprint density at radius 1 is 1.10 bits per heavy atom. The second kappa shape index (κ2) is 9.78. The zero-order valence-corrected chi connectivity index (χ0v) is 16.7. The van der Waals surface area contributed by atoms with E-state index in [1.54, 1.807) is 0 Å². The lowest BCUT2D eigenvalue weighted by atomic mass is 9.93. The van der Waals surface area contributed by atoms with E-state index in [2.05, 4.69) is 17.6 Å². The van der Waals surface area contributed by atoms with E-state index in [-0.39, 0.29) is 6.03 Å². The molecule has 2 amide bonds. The molecule has 0 aliphatic carbocycles. The minimum atomic E-state index is -0.594. The number of esters is 1. The lowest BCUT2D eigenvalue weighted by molar-refractivity contribution is -0.136. The van der Waals surface area contributed by atoms with Gasteiger partial charge in [0.1, 0.15) is 12.4 Å². The molecule has 2 aromatic carbocycles. The zero-order chi connectivity index (χ0) is 20.6. The van der Waals surface area contributed by atoms with Gasteiger partial charge in [-0.2, -0.15) is 0 Å². The molecular weight excluding hydrogens is 368 g/mol. The van der Waals surface area contributed by atoms with Gasteiger partial charge in [0, 0.05) is 5.70 Å². The monoisotopic (exact) mass is 394 g/mol. The molecule has 0 aromatic heterocycles. The largest absolute Gasteiger partial charge is 0.489 e. The number of nitrogens with one attached hydrogen (secondary N) is 2. The summed E-state index contributed by atoms with van der Waals surface area (Å²) >= 11 is 0. The molecule has 1 unspecified atom stereocenters. The zero-order valence-electron chi connectivity index (χ0n) is 16.7. The summed E-state index contributed by atoms with van der Waals surface area (Å²) in [6.07, 6.45) is 2.42. The van der Waals surface area contributed by atoms with Gasteiger partial charge in [-0.05, 0) is 36.1 Å². The molecule has 0 bridgehead atoms. The van der Waals surface area contributed by atoms with Crippen LogP contribution >= 0.6 is 0 Å². The van der Waals surface area contributed by atoms with Crippen molar-refractivity contribution in [3.63, 3.8) is 0 Å². The van der Waals surface area contributed by atoms with Crippen LogP contribution < -0.4 is 15.4 Å². The number of hydrogen-bond donors (Lipinski definition) is 2. The van der Waals surface area contributed by atoms with Gasteiger partial charge >= 0.3 is 12.0 Å². The fourth-order valence-corrected chi connectivity index (χ4v) is 3.29. The van der Waals surface area contributed by atoms with Gasteiger partial charge in [-0.25, -0.2) is 9.59 Å². The molecule has 29 heavy (non-hydrogen) atoms. The minimum Gasteiger partial charge on any atom is -0.489 e. The van der Waals surface area contributed by atoms with Crippen LogP contribution in [0.15, 0.2) is 65.9 Å². The van der Waals surface area contributed by atoms with Crippen molar-refractivity contribution in [2.75, 3.05) is 7.11 Å². The number of allylic oxidation sites excluding steroid dienone is 1. The van der Waals surface area contributed by atoms with E-state index in [1.165, 1.54) is 7.11 Å². The number of rotatable bonds is 8. The molecule has 6 heteroatoms. The quantitative estimate of drug-likeness (QED) is 0.657. The molecule has 6 nitrogen and oxygen atoms in total. The highest BCUT2D eigenvalue weighted by molar-refractivity contribution is 5.95. The Bertz CT molecular complexity index is 893. The van der Waals surface area contributed by atoms with E-state index in [4.69, 9.17) is 9.47 Å². The lowest BCUT2D eigenvalue weighted by Crippen LogP contribution is -2.45. The third kappa shape index (κ3) is 5.16. The fraction of sp³-hybridized carbons (Fsp3) is 0.304. The molecule has 1 aliphatic heterocycles. The Hall–Kier alpha value is -3.28. The number of urea groups is 1. The van der Waals surface area contributed by atoms with E-state index < -0.39 is 12.0 Å². The minimum absolute atomic E-state index is 0.329. The summed E-state index contributed by atoms with van der Waals surface area (Å²) in [5.74, 6) is 0.211. The maximum absolute atomic E-state index is 12.5. The Labute approximate surface area is 170 Å². The van der Waals surface area contributed by atoms with Crippen LogP contribution in [0.3, 0.4) is 0 Å². The molecule has 2 N–H and O–H groups in total. The number of carbonyl (C=O) groups is 2.